The number of piperidine rings is 2. The first-order valence-corrected chi connectivity index (χ1v) is 17.4. The standard InChI is InChI=1S/C35H60N2O4.2BrH.H2O/c1-24(38)40-32-21-26-13-14-27-28(35(26,4)23-31(32)37(6)19-11-8-12-20-37)15-16-34(3)29(27)22-30(33(34)41-25(2)39)36(5)17-9-7-10-18-36;;;/h26-33H,7-23H2,1-6H3;2*1H;1H2/q+2;;;/p-2/t26-,27+,28?,29-,30-,31-,32-,33-,34-,35-;;;/m0.../s1. The second-order valence-corrected chi connectivity index (χ2v) is 16.7. The Morgan fingerprint density at radius 1 is 0.682 bits per heavy atom. The second kappa shape index (κ2) is 14.1. The van der Waals surface area contributed by atoms with E-state index in [9.17, 15) is 9.59 Å². The van der Waals surface area contributed by atoms with Gasteiger partial charge in [-0.2, -0.15) is 0 Å². The first kappa shape index (κ1) is 38.2. The van der Waals surface area contributed by atoms with Crippen molar-refractivity contribution in [1.29, 1.82) is 0 Å². The fourth-order valence-corrected chi connectivity index (χ4v) is 12.3. The molecule has 6 fully saturated rings. The molecule has 0 aromatic heterocycles. The summed E-state index contributed by atoms with van der Waals surface area (Å²) in [5, 5.41) is 0. The molecule has 0 amide bonds. The molecule has 2 heterocycles. The van der Waals surface area contributed by atoms with Gasteiger partial charge in [0.05, 0.1) is 40.3 Å². The first-order chi connectivity index (χ1) is 19.4. The summed E-state index contributed by atoms with van der Waals surface area (Å²) in [6, 6.07) is 0.846. The summed E-state index contributed by atoms with van der Waals surface area (Å²) in [6.45, 7) is 13.3. The second-order valence-electron chi connectivity index (χ2n) is 16.7. The van der Waals surface area contributed by atoms with E-state index in [0.29, 0.717) is 35.3 Å². The topological polar surface area (TPSA) is 84.1 Å². The maximum Gasteiger partial charge on any atom is 0.303 e. The predicted molar refractivity (Wildman–Crippen MR) is 164 cm³/mol. The molecule has 9 heteroatoms. The Hall–Kier alpha value is -0.220. The average molecular weight is 751 g/mol. The molecule has 0 aromatic rings. The van der Waals surface area contributed by atoms with Crippen molar-refractivity contribution in [2.24, 2.45) is 34.5 Å². The summed E-state index contributed by atoms with van der Waals surface area (Å²) in [5.41, 5.74) is 0.377. The van der Waals surface area contributed by atoms with Crippen LogP contribution in [0.5, 0.6) is 0 Å². The van der Waals surface area contributed by atoms with Crippen LogP contribution >= 0.6 is 0 Å². The Bertz CT molecular complexity index is 1020. The zero-order valence-corrected chi connectivity index (χ0v) is 31.6. The number of carbonyl (C=O) groups is 2. The lowest BCUT2D eigenvalue weighted by atomic mass is 9.44. The average Bonchev–Trinajstić information content (AvgIpc) is 3.21. The lowest BCUT2D eigenvalue weighted by Crippen LogP contribution is -3.00. The van der Waals surface area contributed by atoms with E-state index in [-0.39, 0.29) is 69.0 Å². The lowest BCUT2D eigenvalue weighted by molar-refractivity contribution is -0.943. The number of rotatable bonds is 4. The monoisotopic (exact) mass is 748 g/mol. The van der Waals surface area contributed by atoms with Crippen LogP contribution in [-0.4, -0.2) is 90.9 Å². The Labute approximate surface area is 288 Å². The van der Waals surface area contributed by atoms with Crippen LogP contribution in [0.2, 0.25) is 0 Å². The molecule has 256 valence electrons. The number of ether oxygens (including phenoxy) is 2. The van der Waals surface area contributed by atoms with Crippen molar-refractivity contribution in [1.82, 2.24) is 0 Å². The van der Waals surface area contributed by atoms with E-state index in [1.54, 1.807) is 13.8 Å². The molecular formula is C35H62Br2N2O5. The molecule has 0 aromatic carbocycles. The van der Waals surface area contributed by atoms with Gasteiger partial charge >= 0.3 is 11.9 Å². The van der Waals surface area contributed by atoms with E-state index < -0.39 is 0 Å². The Morgan fingerprint density at radius 3 is 1.77 bits per heavy atom. The Balaban J connectivity index is 0.00000176. The van der Waals surface area contributed by atoms with Crippen molar-refractivity contribution >= 4 is 11.9 Å². The zero-order valence-electron chi connectivity index (χ0n) is 28.4. The minimum absolute atomic E-state index is 0. The summed E-state index contributed by atoms with van der Waals surface area (Å²) < 4.78 is 14.7. The van der Waals surface area contributed by atoms with E-state index >= 15 is 0 Å². The molecule has 0 radical (unpaired) electrons. The predicted octanol–water partition coefficient (Wildman–Crippen LogP) is -0.706. The number of hydrogen-bond acceptors (Lipinski definition) is 4. The summed E-state index contributed by atoms with van der Waals surface area (Å²) >= 11 is 0. The van der Waals surface area contributed by atoms with E-state index in [1.807, 2.05) is 0 Å². The molecule has 6 rings (SSSR count). The number of esters is 2. The summed E-state index contributed by atoms with van der Waals surface area (Å²) in [7, 11) is 4.94. The fraction of sp³-hybridized carbons (Fsp3) is 0.943. The van der Waals surface area contributed by atoms with Crippen LogP contribution in [0.25, 0.3) is 0 Å². The minimum Gasteiger partial charge on any atom is -1.00 e. The molecular weight excluding hydrogens is 688 g/mol. The smallest absolute Gasteiger partial charge is 0.303 e. The highest BCUT2D eigenvalue weighted by Gasteiger charge is 2.68. The minimum atomic E-state index is -0.0998. The highest BCUT2D eigenvalue weighted by molar-refractivity contribution is 5.66. The van der Waals surface area contributed by atoms with Crippen molar-refractivity contribution in [3.63, 3.8) is 0 Å². The van der Waals surface area contributed by atoms with Crippen LogP contribution in [0, 0.1) is 34.5 Å². The van der Waals surface area contributed by atoms with Gasteiger partial charge in [0.25, 0.3) is 0 Å². The maximum absolute atomic E-state index is 12.5. The van der Waals surface area contributed by atoms with Gasteiger partial charge in [0.15, 0.2) is 12.2 Å². The molecule has 44 heavy (non-hydrogen) atoms. The van der Waals surface area contributed by atoms with Gasteiger partial charge in [0.2, 0.25) is 0 Å². The van der Waals surface area contributed by atoms with Gasteiger partial charge in [0.1, 0.15) is 12.1 Å². The number of hydrogen-bond donors (Lipinski definition) is 0. The van der Waals surface area contributed by atoms with Crippen molar-refractivity contribution in [3.8, 4) is 0 Å². The zero-order chi connectivity index (χ0) is 29.2. The largest absolute Gasteiger partial charge is 1.00 e. The lowest BCUT2D eigenvalue weighted by Gasteiger charge is -2.63. The van der Waals surface area contributed by atoms with E-state index in [2.05, 4.69) is 27.9 Å². The third kappa shape index (κ3) is 6.45. The van der Waals surface area contributed by atoms with Crippen LogP contribution in [-0.2, 0) is 19.1 Å². The Morgan fingerprint density at radius 2 is 1.23 bits per heavy atom. The van der Waals surface area contributed by atoms with Gasteiger partial charge in [0, 0.05) is 32.1 Å². The highest BCUT2D eigenvalue weighted by atomic mass is 79.9. The van der Waals surface area contributed by atoms with Gasteiger partial charge in [-0.05, 0) is 99.7 Å². The number of likely N-dealkylation sites (tertiary alicyclic amines) is 2. The quantitative estimate of drug-likeness (QED) is 0.281. The van der Waals surface area contributed by atoms with Crippen LogP contribution in [0.1, 0.15) is 111 Å². The molecule has 2 saturated heterocycles. The van der Waals surface area contributed by atoms with Gasteiger partial charge in [-0.3, -0.25) is 9.59 Å². The first-order valence-electron chi connectivity index (χ1n) is 17.4. The molecule has 0 spiro atoms. The van der Waals surface area contributed by atoms with Gasteiger partial charge < -0.3 is 57.9 Å². The molecule has 2 aliphatic heterocycles. The maximum atomic E-state index is 12.5. The molecule has 4 aliphatic carbocycles. The van der Waals surface area contributed by atoms with Crippen LogP contribution < -0.4 is 34.0 Å². The molecule has 2 N–H and O–H groups in total. The molecule has 1 unspecified atom stereocenters. The van der Waals surface area contributed by atoms with Crippen molar-refractivity contribution in [2.75, 3.05) is 40.3 Å². The van der Waals surface area contributed by atoms with Crippen molar-refractivity contribution in [3.05, 3.63) is 0 Å². The molecule has 6 aliphatic rings. The van der Waals surface area contributed by atoms with E-state index in [4.69, 9.17) is 9.47 Å². The molecule has 7 nitrogen and oxygen atoms in total. The number of fused-ring (bicyclic) bond motifs is 5. The fourth-order valence-electron chi connectivity index (χ4n) is 12.3. The van der Waals surface area contributed by atoms with Crippen molar-refractivity contribution in [2.45, 2.75) is 135 Å². The summed E-state index contributed by atoms with van der Waals surface area (Å²) in [5.74, 6) is 2.52. The van der Waals surface area contributed by atoms with Crippen LogP contribution in [0.4, 0.5) is 0 Å². The summed E-state index contributed by atoms with van der Waals surface area (Å²) in [6.07, 6.45) is 16.4. The number of likely N-dealkylation sites (N-methyl/N-ethyl adjacent to an activating group) is 2. The Kier molecular flexibility index (Phi) is 12.2. The van der Waals surface area contributed by atoms with E-state index in [1.165, 1.54) is 103 Å². The number of carbonyl (C=O) groups excluding carboxylic acids is 2. The van der Waals surface area contributed by atoms with Crippen LogP contribution in [0.15, 0.2) is 0 Å². The van der Waals surface area contributed by atoms with Gasteiger partial charge in [-0.15, -0.1) is 0 Å². The number of halogens is 2. The normalized spacial score (nSPS) is 43.7. The summed E-state index contributed by atoms with van der Waals surface area (Å²) in [4.78, 5) is 24.8. The SMILES string of the molecule is CC(=O)O[C@H]1C[C@@H]2CC[C@@H]3C(CC[C@@]4(C)[C@H]3C[C@H]([N+]3(C)CCCCC3)[C@@H]4OC(C)=O)[C@@]2(C)C[C@@H]1[N+]1(C)CCCCC1.O.[Br-].[Br-]. The molecule has 4 saturated carbocycles. The van der Waals surface area contributed by atoms with E-state index in [0.717, 1.165) is 21.3 Å². The number of nitrogens with zero attached hydrogens (tertiary/aromatic N) is 2. The van der Waals surface area contributed by atoms with Gasteiger partial charge in [-0.25, -0.2) is 0 Å². The third-order valence-corrected chi connectivity index (χ3v) is 14.5. The number of quaternary nitrogens is 2. The third-order valence-electron chi connectivity index (χ3n) is 14.5. The van der Waals surface area contributed by atoms with Gasteiger partial charge in [-0.1, -0.05) is 13.8 Å². The highest BCUT2D eigenvalue weighted by Crippen LogP contribution is 2.68. The molecule has 10 atom stereocenters. The van der Waals surface area contributed by atoms with Crippen molar-refractivity contribution < 1.29 is 67.5 Å². The molecule has 0 bridgehead atoms. The van der Waals surface area contributed by atoms with Crippen LogP contribution in [0.3, 0.4) is 0 Å².